The molecule has 2 nitrogen and oxygen atoms in total. The van der Waals surface area contributed by atoms with Gasteiger partial charge in [0.1, 0.15) is 0 Å². The Kier molecular flexibility index (Phi) is 4.95. The van der Waals surface area contributed by atoms with Crippen LogP contribution in [-0.4, -0.2) is 11.1 Å². The maximum absolute atomic E-state index is 10.5. The van der Waals surface area contributed by atoms with Crippen molar-refractivity contribution in [1.82, 2.24) is 0 Å². The van der Waals surface area contributed by atoms with Gasteiger partial charge < -0.3 is 5.11 Å². The summed E-state index contributed by atoms with van der Waals surface area (Å²) in [6, 6.07) is 8.37. The molecule has 1 rings (SSSR count). The number of hydrogen-bond acceptors (Lipinski definition) is 1. The van der Waals surface area contributed by atoms with Crippen molar-refractivity contribution in [2.24, 2.45) is 5.92 Å². The minimum absolute atomic E-state index is 0.197. The van der Waals surface area contributed by atoms with Gasteiger partial charge in [-0.05, 0) is 30.4 Å². The minimum atomic E-state index is -0.742. The van der Waals surface area contributed by atoms with E-state index in [0.29, 0.717) is 12.3 Å². The summed E-state index contributed by atoms with van der Waals surface area (Å²) in [5, 5.41) is 8.64. The van der Waals surface area contributed by atoms with Crippen LogP contribution in [0.3, 0.4) is 0 Å². The quantitative estimate of drug-likeness (QED) is 0.836. The molecular weight excluding hydrogens is 212 g/mol. The van der Waals surface area contributed by atoms with Crippen molar-refractivity contribution in [3.05, 3.63) is 41.5 Å². The fraction of sp³-hybridized carbons (Fsp3) is 0.400. The summed E-state index contributed by atoms with van der Waals surface area (Å²) in [7, 11) is 0. The molecule has 0 spiro atoms. The van der Waals surface area contributed by atoms with Gasteiger partial charge in [0.05, 0.1) is 0 Å². The van der Waals surface area contributed by atoms with Crippen LogP contribution in [0.25, 0.3) is 5.57 Å². The van der Waals surface area contributed by atoms with Crippen LogP contribution in [0.1, 0.15) is 37.8 Å². The number of hydrogen-bond donors (Lipinski definition) is 1. The predicted molar refractivity (Wildman–Crippen MR) is 70.9 cm³/mol. The minimum Gasteiger partial charge on any atom is -0.481 e. The van der Waals surface area contributed by atoms with E-state index in [1.807, 2.05) is 6.08 Å². The lowest BCUT2D eigenvalue weighted by molar-refractivity contribution is -0.136. The van der Waals surface area contributed by atoms with Gasteiger partial charge in [0, 0.05) is 6.42 Å². The summed E-state index contributed by atoms with van der Waals surface area (Å²) in [5.74, 6) is -0.334. The fourth-order valence-electron chi connectivity index (χ4n) is 1.78. The highest BCUT2D eigenvalue weighted by atomic mass is 16.4. The highest BCUT2D eigenvalue weighted by Gasteiger charge is 2.06. The molecule has 0 aliphatic rings. The van der Waals surface area contributed by atoms with E-state index in [1.165, 1.54) is 16.7 Å². The summed E-state index contributed by atoms with van der Waals surface area (Å²) in [4.78, 5) is 10.5. The molecule has 0 aromatic heterocycles. The van der Waals surface area contributed by atoms with Crippen molar-refractivity contribution < 1.29 is 9.90 Å². The summed E-state index contributed by atoms with van der Waals surface area (Å²) in [5.41, 5.74) is 3.66. The standard InChI is InChI=1S/C15H20O2/c1-11(2)14(5-4-6-15(16)17)13-9-7-12(3)8-10-13/h5,7-11H,4,6H2,1-3H3,(H,16,17)/b14-5+. The van der Waals surface area contributed by atoms with Crippen LogP contribution < -0.4 is 0 Å². The van der Waals surface area contributed by atoms with Crippen LogP contribution in [0.4, 0.5) is 0 Å². The third-order valence-corrected chi connectivity index (χ3v) is 2.73. The summed E-state index contributed by atoms with van der Waals surface area (Å²) in [6.45, 7) is 6.33. The van der Waals surface area contributed by atoms with Crippen molar-refractivity contribution >= 4 is 11.5 Å². The maximum Gasteiger partial charge on any atom is 0.303 e. The maximum atomic E-state index is 10.5. The first-order valence-corrected chi connectivity index (χ1v) is 5.99. The molecule has 0 amide bonds. The molecule has 1 aromatic carbocycles. The van der Waals surface area contributed by atoms with E-state index in [-0.39, 0.29) is 6.42 Å². The molecule has 0 fully saturated rings. The van der Waals surface area contributed by atoms with Gasteiger partial charge in [-0.15, -0.1) is 0 Å². The van der Waals surface area contributed by atoms with Crippen molar-refractivity contribution in [2.75, 3.05) is 0 Å². The van der Waals surface area contributed by atoms with Gasteiger partial charge >= 0.3 is 5.97 Å². The largest absolute Gasteiger partial charge is 0.481 e. The molecular formula is C15H20O2. The van der Waals surface area contributed by atoms with E-state index < -0.39 is 5.97 Å². The highest BCUT2D eigenvalue weighted by Crippen LogP contribution is 2.24. The Morgan fingerprint density at radius 2 is 1.88 bits per heavy atom. The third kappa shape index (κ3) is 4.43. The first-order valence-electron chi connectivity index (χ1n) is 5.99. The van der Waals surface area contributed by atoms with E-state index in [2.05, 4.69) is 45.0 Å². The number of carboxylic acids is 1. The zero-order valence-corrected chi connectivity index (χ0v) is 10.7. The van der Waals surface area contributed by atoms with Gasteiger partial charge in [-0.1, -0.05) is 49.8 Å². The molecule has 0 aliphatic heterocycles. The fourth-order valence-corrected chi connectivity index (χ4v) is 1.78. The topological polar surface area (TPSA) is 37.3 Å². The molecule has 0 unspecified atom stereocenters. The average molecular weight is 232 g/mol. The van der Waals surface area contributed by atoms with E-state index in [0.717, 1.165) is 0 Å². The number of aliphatic carboxylic acids is 1. The lowest BCUT2D eigenvalue weighted by Crippen LogP contribution is -1.96. The second kappa shape index (κ2) is 6.24. The van der Waals surface area contributed by atoms with Crippen molar-refractivity contribution in [3.8, 4) is 0 Å². The number of allylic oxidation sites excluding steroid dienone is 2. The van der Waals surface area contributed by atoms with Crippen molar-refractivity contribution in [1.29, 1.82) is 0 Å². The van der Waals surface area contributed by atoms with E-state index in [4.69, 9.17) is 5.11 Å². The lowest BCUT2D eigenvalue weighted by Gasteiger charge is -2.12. The normalized spacial score (nSPS) is 11.9. The predicted octanol–water partition coefficient (Wildman–Crippen LogP) is 3.90. The van der Waals surface area contributed by atoms with Crippen LogP contribution in [0.2, 0.25) is 0 Å². The first-order chi connectivity index (χ1) is 8.00. The zero-order chi connectivity index (χ0) is 12.8. The van der Waals surface area contributed by atoms with Crippen molar-refractivity contribution in [2.45, 2.75) is 33.6 Å². The molecule has 0 saturated heterocycles. The number of aryl methyl sites for hydroxylation is 1. The van der Waals surface area contributed by atoms with Crippen LogP contribution >= 0.6 is 0 Å². The summed E-state index contributed by atoms with van der Waals surface area (Å²) >= 11 is 0. The molecule has 0 aliphatic carbocycles. The second-order valence-electron chi connectivity index (χ2n) is 4.61. The molecule has 17 heavy (non-hydrogen) atoms. The van der Waals surface area contributed by atoms with Gasteiger partial charge in [0.15, 0.2) is 0 Å². The summed E-state index contributed by atoms with van der Waals surface area (Å²) < 4.78 is 0. The Labute approximate surface area is 103 Å². The molecule has 0 atom stereocenters. The molecule has 0 saturated carbocycles. The van der Waals surface area contributed by atoms with Crippen LogP contribution in [0.5, 0.6) is 0 Å². The number of carbonyl (C=O) groups is 1. The molecule has 0 bridgehead atoms. The molecule has 1 aromatic rings. The average Bonchev–Trinajstić information content (AvgIpc) is 2.25. The lowest BCUT2D eigenvalue weighted by atomic mass is 9.93. The molecule has 1 N–H and O–H groups in total. The first kappa shape index (κ1) is 13.5. The number of benzene rings is 1. The highest BCUT2D eigenvalue weighted by molar-refractivity contribution is 5.69. The van der Waals surface area contributed by atoms with Gasteiger partial charge in [0.2, 0.25) is 0 Å². The second-order valence-corrected chi connectivity index (χ2v) is 4.61. The monoisotopic (exact) mass is 232 g/mol. The Balaban J connectivity index is 2.85. The number of rotatable bonds is 5. The molecule has 0 radical (unpaired) electrons. The summed E-state index contributed by atoms with van der Waals surface area (Å²) in [6.07, 6.45) is 2.84. The van der Waals surface area contributed by atoms with Gasteiger partial charge in [-0.2, -0.15) is 0 Å². The van der Waals surface area contributed by atoms with Crippen molar-refractivity contribution in [3.63, 3.8) is 0 Å². The molecule has 2 heteroatoms. The smallest absolute Gasteiger partial charge is 0.303 e. The Hall–Kier alpha value is -1.57. The van der Waals surface area contributed by atoms with Crippen LogP contribution in [-0.2, 0) is 4.79 Å². The van der Waals surface area contributed by atoms with E-state index in [9.17, 15) is 4.79 Å². The third-order valence-electron chi connectivity index (χ3n) is 2.73. The van der Waals surface area contributed by atoms with E-state index >= 15 is 0 Å². The SMILES string of the molecule is Cc1ccc(/C(=C/CCC(=O)O)C(C)C)cc1. The van der Waals surface area contributed by atoms with Crippen LogP contribution in [0.15, 0.2) is 30.3 Å². The van der Waals surface area contributed by atoms with Gasteiger partial charge in [-0.25, -0.2) is 0 Å². The van der Waals surface area contributed by atoms with Crippen LogP contribution in [0, 0.1) is 12.8 Å². The molecule has 0 heterocycles. The Morgan fingerprint density at radius 3 is 2.35 bits per heavy atom. The Morgan fingerprint density at radius 1 is 1.29 bits per heavy atom. The van der Waals surface area contributed by atoms with Gasteiger partial charge in [-0.3, -0.25) is 4.79 Å². The Bertz CT molecular complexity index is 399. The van der Waals surface area contributed by atoms with Gasteiger partial charge in [0.25, 0.3) is 0 Å². The number of carboxylic acid groups (broad SMARTS) is 1. The molecule has 92 valence electrons. The zero-order valence-electron chi connectivity index (χ0n) is 10.7. The van der Waals surface area contributed by atoms with E-state index in [1.54, 1.807) is 0 Å².